The number of fused-ring (bicyclic) bond motifs is 1. The number of pyridine rings is 2. The molecule has 1 aliphatic heterocycles. The number of nitrogens with one attached hydrogen (secondary N) is 1. The van der Waals surface area contributed by atoms with E-state index in [0.717, 1.165) is 60.1 Å². The minimum absolute atomic E-state index is 0.273. The van der Waals surface area contributed by atoms with E-state index >= 15 is 0 Å². The number of aromatic amines is 1. The van der Waals surface area contributed by atoms with E-state index in [2.05, 4.69) is 38.4 Å². The molecule has 0 bridgehead atoms. The summed E-state index contributed by atoms with van der Waals surface area (Å²) in [6.45, 7) is 6.52. The standard InChI is InChI=1S/C28H34ClN7O2/c1-3-21-6-4-5-11-35(21)27-32-22-13-23(26-33-28(37)38-34-26)31-24(19-12-20(29)15-30-14-19)25(22)36(27)16-18-9-7-17(2)8-10-18/h12-15,17-18,21H,3-11,16H2,1-2H3,(H,33,34,37). The normalized spacial score (nSPS) is 22.3. The molecular formula is C28H34ClN7O2. The van der Waals surface area contributed by atoms with Crippen molar-refractivity contribution in [2.45, 2.75) is 77.8 Å². The molecule has 0 radical (unpaired) electrons. The van der Waals surface area contributed by atoms with Crippen LogP contribution in [-0.2, 0) is 6.54 Å². The molecule has 1 aliphatic carbocycles. The van der Waals surface area contributed by atoms with Gasteiger partial charge in [0.05, 0.1) is 21.7 Å². The lowest BCUT2D eigenvalue weighted by Crippen LogP contribution is -2.41. The monoisotopic (exact) mass is 535 g/mol. The molecule has 2 aliphatic rings. The summed E-state index contributed by atoms with van der Waals surface area (Å²) in [6.07, 6.45) is 13.0. The van der Waals surface area contributed by atoms with Gasteiger partial charge in [0, 0.05) is 37.1 Å². The summed E-state index contributed by atoms with van der Waals surface area (Å²) in [5.74, 6) is 2.04. The second-order valence-electron chi connectivity index (χ2n) is 11.0. The third kappa shape index (κ3) is 4.84. The predicted molar refractivity (Wildman–Crippen MR) is 148 cm³/mol. The van der Waals surface area contributed by atoms with Gasteiger partial charge in [0.25, 0.3) is 0 Å². The molecule has 200 valence electrons. The number of hydrogen-bond donors (Lipinski definition) is 1. The van der Waals surface area contributed by atoms with Crippen molar-refractivity contribution in [3.63, 3.8) is 0 Å². The lowest BCUT2D eigenvalue weighted by Gasteiger charge is -2.37. The van der Waals surface area contributed by atoms with Crippen LogP contribution in [0.4, 0.5) is 5.95 Å². The minimum Gasteiger partial charge on any atom is -0.339 e. The number of imidazole rings is 1. The van der Waals surface area contributed by atoms with Crippen molar-refractivity contribution in [2.75, 3.05) is 11.4 Å². The second kappa shape index (κ2) is 10.5. The fraction of sp³-hybridized carbons (Fsp3) is 0.536. The van der Waals surface area contributed by atoms with Crippen molar-refractivity contribution < 1.29 is 4.52 Å². The van der Waals surface area contributed by atoms with E-state index in [1.54, 1.807) is 12.4 Å². The molecule has 0 aromatic carbocycles. The average molecular weight is 536 g/mol. The second-order valence-corrected chi connectivity index (χ2v) is 11.4. The van der Waals surface area contributed by atoms with Crippen LogP contribution in [0.2, 0.25) is 5.02 Å². The van der Waals surface area contributed by atoms with Crippen LogP contribution in [0.15, 0.2) is 33.8 Å². The highest BCUT2D eigenvalue weighted by Crippen LogP contribution is 2.38. The lowest BCUT2D eigenvalue weighted by molar-refractivity contribution is 0.266. The Morgan fingerprint density at radius 2 is 1.95 bits per heavy atom. The smallest absolute Gasteiger partial charge is 0.339 e. The molecule has 2 fully saturated rings. The number of nitrogens with zero attached hydrogens (tertiary/aromatic N) is 6. The largest absolute Gasteiger partial charge is 0.439 e. The number of rotatable bonds is 6. The maximum Gasteiger partial charge on any atom is 0.439 e. The first-order valence-electron chi connectivity index (χ1n) is 13.8. The van der Waals surface area contributed by atoms with Gasteiger partial charge in [0.2, 0.25) is 11.8 Å². The molecule has 4 aromatic rings. The van der Waals surface area contributed by atoms with E-state index < -0.39 is 5.76 Å². The highest BCUT2D eigenvalue weighted by molar-refractivity contribution is 6.30. The zero-order valence-electron chi connectivity index (χ0n) is 22.0. The van der Waals surface area contributed by atoms with Gasteiger partial charge in [-0.25, -0.2) is 14.8 Å². The Hall–Kier alpha value is -3.20. The molecule has 0 amide bonds. The average Bonchev–Trinajstić information content (AvgIpc) is 3.53. The fourth-order valence-corrected chi connectivity index (χ4v) is 6.37. The van der Waals surface area contributed by atoms with Crippen molar-refractivity contribution in [1.82, 2.24) is 29.7 Å². The summed E-state index contributed by atoms with van der Waals surface area (Å²) >= 11 is 6.38. The number of anilines is 1. The molecule has 10 heteroatoms. The molecule has 38 heavy (non-hydrogen) atoms. The van der Waals surface area contributed by atoms with Crippen molar-refractivity contribution in [3.05, 3.63) is 40.1 Å². The highest BCUT2D eigenvalue weighted by Gasteiger charge is 2.30. The number of piperidine rings is 1. The Bertz CT molecular complexity index is 1480. The van der Waals surface area contributed by atoms with Gasteiger partial charge in [-0.3, -0.25) is 14.5 Å². The van der Waals surface area contributed by atoms with Gasteiger partial charge < -0.3 is 9.47 Å². The topological polar surface area (TPSA) is 106 Å². The maximum absolute atomic E-state index is 11.7. The fourth-order valence-electron chi connectivity index (χ4n) is 6.20. The molecule has 1 saturated carbocycles. The first kappa shape index (κ1) is 25.1. The van der Waals surface area contributed by atoms with Crippen molar-refractivity contribution in [2.24, 2.45) is 11.8 Å². The van der Waals surface area contributed by atoms with E-state index in [4.69, 9.17) is 26.1 Å². The molecular weight excluding hydrogens is 502 g/mol. The van der Waals surface area contributed by atoms with Gasteiger partial charge in [-0.1, -0.05) is 43.4 Å². The summed E-state index contributed by atoms with van der Waals surface area (Å²) in [4.78, 5) is 31.5. The van der Waals surface area contributed by atoms with Gasteiger partial charge in [-0.15, -0.1) is 0 Å². The van der Waals surface area contributed by atoms with Gasteiger partial charge in [-0.2, -0.15) is 0 Å². The molecule has 5 heterocycles. The number of aromatic nitrogens is 6. The van der Waals surface area contributed by atoms with Gasteiger partial charge >= 0.3 is 5.76 Å². The molecule has 4 aromatic heterocycles. The van der Waals surface area contributed by atoms with Crippen molar-refractivity contribution in [1.29, 1.82) is 0 Å². The Kier molecular flexibility index (Phi) is 6.95. The summed E-state index contributed by atoms with van der Waals surface area (Å²) in [5, 5.41) is 4.43. The lowest BCUT2D eigenvalue weighted by atomic mass is 9.83. The maximum atomic E-state index is 11.7. The van der Waals surface area contributed by atoms with Crippen LogP contribution in [0.5, 0.6) is 0 Å². The molecule has 1 N–H and O–H groups in total. The summed E-state index contributed by atoms with van der Waals surface area (Å²) in [6, 6.07) is 4.24. The van der Waals surface area contributed by atoms with Crippen LogP contribution in [0.25, 0.3) is 33.8 Å². The number of hydrogen-bond acceptors (Lipinski definition) is 7. The molecule has 6 rings (SSSR count). The van der Waals surface area contributed by atoms with Crippen LogP contribution in [0.1, 0.15) is 65.2 Å². The third-order valence-electron chi connectivity index (χ3n) is 8.30. The van der Waals surface area contributed by atoms with E-state index in [1.165, 1.54) is 38.5 Å². The summed E-state index contributed by atoms with van der Waals surface area (Å²) in [5.41, 5.74) is 3.80. The van der Waals surface area contributed by atoms with Crippen LogP contribution < -0.4 is 10.7 Å². The van der Waals surface area contributed by atoms with E-state index in [1.807, 2.05) is 12.1 Å². The van der Waals surface area contributed by atoms with Gasteiger partial charge in [0.15, 0.2) is 0 Å². The molecule has 1 saturated heterocycles. The van der Waals surface area contributed by atoms with Gasteiger partial charge in [-0.05, 0) is 62.5 Å². The summed E-state index contributed by atoms with van der Waals surface area (Å²) < 4.78 is 7.19. The van der Waals surface area contributed by atoms with Crippen LogP contribution in [0, 0.1) is 11.8 Å². The molecule has 0 spiro atoms. The van der Waals surface area contributed by atoms with Crippen molar-refractivity contribution >= 4 is 28.6 Å². The SMILES string of the molecule is CCC1CCCCN1c1nc2cc(-c3noc(=O)[nH]3)nc(-c3cncc(Cl)c3)c2n1CC1CCC(C)CC1. The molecule has 1 unspecified atom stereocenters. The predicted octanol–water partition coefficient (Wildman–Crippen LogP) is 6.09. The van der Waals surface area contributed by atoms with E-state index in [0.29, 0.717) is 22.7 Å². The number of halogens is 1. The minimum atomic E-state index is -0.621. The zero-order chi connectivity index (χ0) is 26.2. The Labute approximate surface area is 226 Å². The van der Waals surface area contributed by atoms with Gasteiger partial charge in [0.1, 0.15) is 5.69 Å². The zero-order valence-corrected chi connectivity index (χ0v) is 22.7. The van der Waals surface area contributed by atoms with Crippen LogP contribution in [0.3, 0.4) is 0 Å². The Morgan fingerprint density at radius 1 is 1.11 bits per heavy atom. The Morgan fingerprint density at radius 3 is 2.68 bits per heavy atom. The first-order valence-corrected chi connectivity index (χ1v) is 14.2. The molecule has 1 atom stereocenters. The summed E-state index contributed by atoms with van der Waals surface area (Å²) in [7, 11) is 0. The quantitative estimate of drug-likeness (QED) is 0.318. The van der Waals surface area contributed by atoms with E-state index in [9.17, 15) is 4.79 Å². The van der Waals surface area contributed by atoms with Crippen LogP contribution >= 0.6 is 11.6 Å². The highest BCUT2D eigenvalue weighted by atomic mass is 35.5. The Balaban J connectivity index is 1.58. The van der Waals surface area contributed by atoms with E-state index in [-0.39, 0.29) is 5.82 Å². The molecule has 9 nitrogen and oxygen atoms in total. The van der Waals surface area contributed by atoms with Crippen LogP contribution in [-0.4, -0.2) is 42.2 Å². The first-order chi connectivity index (χ1) is 18.5. The number of H-pyrrole nitrogens is 1. The van der Waals surface area contributed by atoms with Crippen molar-refractivity contribution in [3.8, 4) is 22.8 Å². The third-order valence-corrected chi connectivity index (χ3v) is 8.50.